The third kappa shape index (κ3) is 4.80. The molecular formula is C16H26O. The number of ether oxygens (including phenoxy) is 1. The van der Waals surface area contributed by atoms with E-state index in [-0.39, 0.29) is 5.41 Å². The van der Waals surface area contributed by atoms with E-state index in [4.69, 9.17) is 4.74 Å². The van der Waals surface area contributed by atoms with Crippen LogP contribution in [-0.4, -0.2) is 6.61 Å². The molecule has 1 heteroatoms. The monoisotopic (exact) mass is 234 g/mol. The highest BCUT2D eigenvalue weighted by Crippen LogP contribution is 2.31. The van der Waals surface area contributed by atoms with E-state index in [1.54, 1.807) is 0 Å². The van der Waals surface area contributed by atoms with Gasteiger partial charge in [0.2, 0.25) is 0 Å². The molecule has 0 saturated carbocycles. The molecule has 1 aromatic carbocycles. The Bertz CT molecular complexity index is 334. The van der Waals surface area contributed by atoms with Gasteiger partial charge in [-0.1, -0.05) is 52.8 Å². The van der Waals surface area contributed by atoms with Crippen molar-refractivity contribution in [2.45, 2.75) is 52.9 Å². The van der Waals surface area contributed by atoms with E-state index >= 15 is 0 Å². The summed E-state index contributed by atoms with van der Waals surface area (Å²) < 4.78 is 5.91. The Morgan fingerprint density at radius 1 is 1.12 bits per heavy atom. The van der Waals surface area contributed by atoms with Gasteiger partial charge in [-0.15, -0.1) is 0 Å². The minimum atomic E-state index is 0.147. The van der Waals surface area contributed by atoms with Gasteiger partial charge in [-0.25, -0.2) is 0 Å². The lowest BCUT2D eigenvalue weighted by molar-refractivity contribution is 0.290. The van der Waals surface area contributed by atoms with Crippen LogP contribution in [0, 0.1) is 5.92 Å². The number of rotatable bonds is 5. The molecule has 0 N–H and O–H groups in total. The van der Waals surface area contributed by atoms with Gasteiger partial charge in [0, 0.05) is 0 Å². The van der Waals surface area contributed by atoms with Gasteiger partial charge in [-0.3, -0.25) is 0 Å². The SMILES string of the molecule is CC(C)CCCOc1ccccc1C(C)(C)C. The molecule has 0 amide bonds. The summed E-state index contributed by atoms with van der Waals surface area (Å²) in [4.78, 5) is 0. The first-order chi connectivity index (χ1) is 7.91. The van der Waals surface area contributed by atoms with Crippen molar-refractivity contribution in [2.75, 3.05) is 6.61 Å². The first-order valence-electron chi connectivity index (χ1n) is 6.63. The second-order valence-electron chi connectivity index (χ2n) is 6.13. The van der Waals surface area contributed by atoms with Gasteiger partial charge in [0.25, 0.3) is 0 Å². The maximum Gasteiger partial charge on any atom is 0.123 e. The topological polar surface area (TPSA) is 9.23 Å². The molecule has 1 nitrogen and oxygen atoms in total. The standard InChI is InChI=1S/C16H26O/c1-13(2)9-8-12-17-15-11-7-6-10-14(15)16(3,4)5/h6-7,10-11,13H,8-9,12H2,1-5H3. The van der Waals surface area contributed by atoms with Crippen molar-refractivity contribution in [3.05, 3.63) is 29.8 Å². The first-order valence-corrected chi connectivity index (χ1v) is 6.63. The number of para-hydroxylation sites is 1. The van der Waals surface area contributed by atoms with E-state index < -0.39 is 0 Å². The Morgan fingerprint density at radius 3 is 2.35 bits per heavy atom. The van der Waals surface area contributed by atoms with Crippen molar-refractivity contribution in [1.82, 2.24) is 0 Å². The maximum atomic E-state index is 5.91. The highest BCUT2D eigenvalue weighted by Gasteiger charge is 2.18. The molecule has 1 aromatic rings. The number of hydrogen-bond acceptors (Lipinski definition) is 1. The summed E-state index contributed by atoms with van der Waals surface area (Å²) in [5, 5.41) is 0. The van der Waals surface area contributed by atoms with Crippen molar-refractivity contribution in [1.29, 1.82) is 0 Å². The maximum absolute atomic E-state index is 5.91. The summed E-state index contributed by atoms with van der Waals surface area (Å²) in [6, 6.07) is 8.38. The molecule has 0 aliphatic carbocycles. The molecule has 0 aromatic heterocycles. The average Bonchev–Trinajstić information content (AvgIpc) is 2.23. The average molecular weight is 234 g/mol. The number of benzene rings is 1. The Morgan fingerprint density at radius 2 is 1.76 bits per heavy atom. The van der Waals surface area contributed by atoms with Crippen LogP contribution < -0.4 is 4.74 Å². The van der Waals surface area contributed by atoms with E-state index in [1.807, 2.05) is 6.07 Å². The summed E-state index contributed by atoms with van der Waals surface area (Å²) in [7, 11) is 0. The quantitative estimate of drug-likeness (QED) is 0.665. The molecule has 0 bridgehead atoms. The third-order valence-corrected chi connectivity index (χ3v) is 2.88. The van der Waals surface area contributed by atoms with Crippen LogP contribution in [0.25, 0.3) is 0 Å². The van der Waals surface area contributed by atoms with Crippen molar-refractivity contribution in [3.63, 3.8) is 0 Å². The third-order valence-electron chi connectivity index (χ3n) is 2.88. The first kappa shape index (κ1) is 14.1. The van der Waals surface area contributed by atoms with Gasteiger partial charge >= 0.3 is 0 Å². The molecule has 0 unspecified atom stereocenters. The molecule has 96 valence electrons. The van der Waals surface area contributed by atoms with E-state index in [2.05, 4.69) is 52.8 Å². The van der Waals surface area contributed by atoms with Crippen LogP contribution >= 0.6 is 0 Å². The molecular weight excluding hydrogens is 208 g/mol. The van der Waals surface area contributed by atoms with Crippen molar-refractivity contribution in [2.24, 2.45) is 5.92 Å². The zero-order valence-electron chi connectivity index (χ0n) is 11.9. The van der Waals surface area contributed by atoms with Crippen LogP contribution in [0.5, 0.6) is 5.75 Å². The zero-order chi connectivity index (χ0) is 12.9. The van der Waals surface area contributed by atoms with Crippen molar-refractivity contribution in [3.8, 4) is 5.75 Å². The Kier molecular flexibility index (Phi) is 5.04. The van der Waals surface area contributed by atoms with Crippen LogP contribution in [0.3, 0.4) is 0 Å². The molecule has 0 aliphatic rings. The highest BCUT2D eigenvalue weighted by molar-refractivity contribution is 5.38. The van der Waals surface area contributed by atoms with E-state index in [0.717, 1.165) is 24.7 Å². The molecule has 1 rings (SSSR count). The van der Waals surface area contributed by atoms with Gasteiger partial charge in [-0.2, -0.15) is 0 Å². The van der Waals surface area contributed by atoms with E-state index in [1.165, 1.54) is 12.0 Å². The second kappa shape index (κ2) is 6.09. The lowest BCUT2D eigenvalue weighted by Gasteiger charge is -2.22. The molecule has 0 radical (unpaired) electrons. The van der Waals surface area contributed by atoms with Crippen LogP contribution in [0.2, 0.25) is 0 Å². The summed E-state index contributed by atoms with van der Waals surface area (Å²) in [6.07, 6.45) is 2.37. The second-order valence-corrected chi connectivity index (χ2v) is 6.13. The fraction of sp³-hybridized carbons (Fsp3) is 0.625. The largest absolute Gasteiger partial charge is 0.493 e. The van der Waals surface area contributed by atoms with Crippen molar-refractivity contribution >= 4 is 0 Å². The molecule has 0 spiro atoms. The van der Waals surface area contributed by atoms with E-state index in [0.29, 0.717) is 0 Å². The van der Waals surface area contributed by atoms with Gasteiger partial charge in [-0.05, 0) is 35.8 Å². The molecule has 0 fully saturated rings. The summed E-state index contributed by atoms with van der Waals surface area (Å²) in [5.74, 6) is 1.81. The Hall–Kier alpha value is -0.980. The molecule has 0 heterocycles. The molecule has 17 heavy (non-hydrogen) atoms. The lowest BCUT2D eigenvalue weighted by Crippen LogP contribution is -2.13. The predicted molar refractivity (Wildman–Crippen MR) is 74.7 cm³/mol. The molecule has 0 saturated heterocycles. The van der Waals surface area contributed by atoms with Crippen LogP contribution in [0.1, 0.15) is 53.0 Å². The summed E-state index contributed by atoms with van der Waals surface area (Å²) in [5.41, 5.74) is 1.44. The fourth-order valence-electron chi connectivity index (χ4n) is 1.89. The smallest absolute Gasteiger partial charge is 0.123 e. The minimum absolute atomic E-state index is 0.147. The predicted octanol–water partition coefficient (Wildman–Crippen LogP) is 4.80. The van der Waals surface area contributed by atoms with Gasteiger partial charge in [0.1, 0.15) is 5.75 Å². The van der Waals surface area contributed by atoms with Crippen molar-refractivity contribution < 1.29 is 4.74 Å². The normalized spacial score (nSPS) is 11.9. The fourth-order valence-corrected chi connectivity index (χ4v) is 1.89. The highest BCUT2D eigenvalue weighted by atomic mass is 16.5. The Balaban J connectivity index is 2.59. The van der Waals surface area contributed by atoms with Crippen LogP contribution in [0.15, 0.2) is 24.3 Å². The van der Waals surface area contributed by atoms with E-state index in [9.17, 15) is 0 Å². The molecule has 0 atom stereocenters. The number of hydrogen-bond donors (Lipinski definition) is 0. The van der Waals surface area contributed by atoms with Gasteiger partial charge in [0.15, 0.2) is 0 Å². The van der Waals surface area contributed by atoms with Gasteiger partial charge in [0.05, 0.1) is 6.61 Å². The molecule has 0 aliphatic heterocycles. The minimum Gasteiger partial charge on any atom is -0.493 e. The van der Waals surface area contributed by atoms with Crippen LogP contribution in [-0.2, 0) is 5.41 Å². The summed E-state index contributed by atoms with van der Waals surface area (Å²) in [6.45, 7) is 12.0. The van der Waals surface area contributed by atoms with Gasteiger partial charge < -0.3 is 4.74 Å². The zero-order valence-corrected chi connectivity index (χ0v) is 11.9. The lowest BCUT2D eigenvalue weighted by atomic mass is 9.86. The summed E-state index contributed by atoms with van der Waals surface area (Å²) >= 11 is 0. The van der Waals surface area contributed by atoms with Crippen LogP contribution in [0.4, 0.5) is 0 Å². The Labute approximate surface area is 106 Å².